The van der Waals surface area contributed by atoms with Gasteiger partial charge < -0.3 is 20.3 Å². The number of ether oxygens (including phenoxy) is 1. The Morgan fingerprint density at radius 2 is 2.29 bits per heavy atom. The van der Waals surface area contributed by atoms with Crippen molar-refractivity contribution in [3.63, 3.8) is 0 Å². The van der Waals surface area contributed by atoms with Crippen LogP contribution in [0.15, 0.2) is 4.52 Å². The number of nitrogens with one attached hydrogen (secondary N) is 1. The summed E-state index contributed by atoms with van der Waals surface area (Å²) in [5, 5.41) is 6.72. The molecule has 1 fully saturated rings. The molecule has 0 aromatic carbocycles. The minimum atomic E-state index is -0.681. The van der Waals surface area contributed by atoms with Crippen molar-refractivity contribution in [3.05, 3.63) is 11.7 Å². The van der Waals surface area contributed by atoms with Gasteiger partial charge in [0, 0.05) is 0 Å². The van der Waals surface area contributed by atoms with E-state index in [4.69, 9.17) is 15.0 Å². The maximum absolute atomic E-state index is 10.7. The van der Waals surface area contributed by atoms with Crippen LogP contribution >= 0.6 is 0 Å². The third-order valence-corrected chi connectivity index (χ3v) is 2.64. The van der Waals surface area contributed by atoms with E-state index in [9.17, 15) is 4.79 Å². The van der Waals surface area contributed by atoms with Crippen LogP contribution in [0.1, 0.15) is 29.4 Å². The van der Waals surface area contributed by atoms with E-state index in [2.05, 4.69) is 15.5 Å². The fourth-order valence-corrected chi connectivity index (χ4v) is 1.73. The fourth-order valence-electron chi connectivity index (χ4n) is 1.73. The van der Waals surface area contributed by atoms with Crippen LogP contribution in [0, 0.1) is 0 Å². The monoisotopic (exact) mass is 240 g/mol. The molecule has 7 heteroatoms. The molecule has 17 heavy (non-hydrogen) atoms. The van der Waals surface area contributed by atoms with Crippen molar-refractivity contribution in [3.8, 4) is 0 Å². The van der Waals surface area contributed by atoms with Crippen LogP contribution in [-0.2, 0) is 11.2 Å². The van der Waals surface area contributed by atoms with Crippen LogP contribution in [0.5, 0.6) is 0 Å². The number of carbonyl (C=O) groups excluding carboxylic acids is 1. The first-order valence-electron chi connectivity index (χ1n) is 5.70. The highest BCUT2D eigenvalue weighted by Gasteiger charge is 2.14. The Kier molecular flexibility index (Phi) is 4.05. The Morgan fingerprint density at radius 1 is 1.53 bits per heavy atom. The number of hydrogen-bond donors (Lipinski definition) is 2. The van der Waals surface area contributed by atoms with E-state index in [1.54, 1.807) is 0 Å². The lowest BCUT2D eigenvalue weighted by atomic mass is 10.1. The van der Waals surface area contributed by atoms with Gasteiger partial charge in [-0.2, -0.15) is 4.98 Å². The van der Waals surface area contributed by atoms with E-state index in [0.717, 1.165) is 25.9 Å². The number of primary amides is 1. The molecule has 0 aliphatic carbocycles. The van der Waals surface area contributed by atoms with Crippen LogP contribution in [0.4, 0.5) is 0 Å². The molecule has 2 rings (SSSR count). The molecular formula is C10H16N4O3. The quantitative estimate of drug-likeness (QED) is 0.717. The molecule has 1 aliphatic heterocycles. The average molecular weight is 240 g/mol. The zero-order valence-electron chi connectivity index (χ0n) is 9.52. The summed E-state index contributed by atoms with van der Waals surface area (Å²) in [4.78, 5) is 14.6. The second-order valence-electron chi connectivity index (χ2n) is 3.95. The summed E-state index contributed by atoms with van der Waals surface area (Å²) in [6.45, 7) is 2.51. The molecule has 1 amide bonds. The molecule has 0 spiro atoms. The lowest BCUT2D eigenvalue weighted by molar-refractivity contribution is 0.0322. The molecule has 94 valence electrons. The summed E-state index contributed by atoms with van der Waals surface area (Å²) in [7, 11) is 0. The Hall–Kier alpha value is -1.47. The number of amides is 1. The maximum atomic E-state index is 10.7. The van der Waals surface area contributed by atoms with E-state index in [-0.39, 0.29) is 5.82 Å². The minimum Gasteiger partial charge on any atom is -0.378 e. The predicted molar refractivity (Wildman–Crippen MR) is 58.4 cm³/mol. The zero-order chi connectivity index (χ0) is 12.1. The maximum Gasteiger partial charge on any atom is 0.290 e. The first kappa shape index (κ1) is 12.0. The van der Waals surface area contributed by atoms with Gasteiger partial charge in [-0.1, -0.05) is 5.16 Å². The summed E-state index contributed by atoms with van der Waals surface area (Å²) >= 11 is 0. The summed E-state index contributed by atoms with van der Waals surface area (Å²) in [5.41, 5.74) is 5.01. The first-order valence-corrected chi connectivity index (χ1v) is 5.70. The molecular weight excluding hydrogens is 224 g/mol. The van der Waals surface area contributed by atoms with Gasteiger partial charge in [0.1, 0.15) is 0 Å². The zero-order valence-corrected chi connectivity index (χ0v) is 9.52. The fraction of sp³-hybridized carbons (Fsp3) is 0.700. The van der Waals surface area contributed by atoms with Gasteiger partial charge in [0.25, 0.3) is 11.7 Å². The largest absolute Gasteiger partial charge is 0.378 e. The van der Waals surface area contributed by atoms with E-state index >= 15 is 0 Å². The molecule has 1 aromatic rings. The van der Waals surface area contributed by atoms with Gasteiger partial charge in [0.2, 0.25) is 5.89 Å². The highest BCUT2D eigenvalue weighted by molar-refractivity contribution is 5.88. The van der Waals surface area contributed by atoms with Crippen LogP contribution in [0.2, 0.25) is 0 Å². The number of nitrogens with zero attached hydrogens (tertiary/aromatic N) is 2. The first-order chi connectivity index (χ1) is 8.25. The summed E-state index contributed by atoms with van der Waals surface area (Å²) in [6.07, 6.45) is 2.85. The van der Waals surface area contributed by atoms with Gasteiger partial charge in [0.15, 0.2) is 0 Å². The Labute approximate surface area is 98.7 Å². The number of nitrogens with two attached hydrogens (primary N) is 1. The van der Waals surface area contributed by atoms with Crippen molar-refractivity contribution in [2.24, 2.45) is 5.73 Å². The van der Waals surface area contributed by atoms with Gasteiger partial charge in [-0.25, -0.2) is 0 Å². The molecule has 3 N–H and O–H groups in total. The molecule has 1 saturated heterocycles. The van der Waals surface area contributed by atoms with Crippen molar-refractivity contribution in [1.29, 1.82) is 0 Å². The van der Waals surface area contributed by atoms with Crippen LogP contribution in [0.25, 0.3) is 0 Å². The molecule has 0 saturated carbocycles. The lowest BCUT2D eigenvalue weighted by Crippen LogP contribution is -2.32. The molecule has 0 atom stereocenters. The Balaban J connectivity index is 1.71. The van der Waals surface area contributed by atoms with Gasteiger partial charge in [-0.05, 0) is 25.9 Å². The van der Waals surface area contributed by atoms with Crippen molar-refractivity contribution in [2.45, 2.75) is 25.4 Å². The van der Waals surface area contributed by atoms with Crippen molar-refractivity contribution in [1.82, 2.24) is 15.5 Å². The molecule has 1 aromatic heterocycles. The van der Waals surface area contributed by atoms with Crippen LogP contribution < -0.4 is 11.1 Å². The number of carbonyl (C=O) groups is 1. The Morgan fingerprint density at radius 3 is 2.94 bits per heavy atom. The van der Waals surface area contributed by atoms with Crippen molar-refractivity contribution in [2.75, 3.05) is 19.7 Å². The summed E-state index contributed by atoms with van der Waals surface area (Å²) in [5.74, 6) is -0.381. The number of piperidine rings is 1. The second-order valence-corrected chi connectivity index (χ2v) is 3.95. The lowest BCUT2D eigenvalue weighted by Gasteiger charge is -2.22. The predicted octanol–water partition coefficient (Wildman–Crippen LogP) is -0.520. The van der Waals surface area contributed by atoms with E-state index in [1.165, 1.54) is 0 Å². The van der Waals surface area contributed by atoms with E-state index in [0.29, 0.717) is 25.0 Å². The minimum absolute atomic E-state index is 0.0816. The molecule has 2 heterocycles. The van der Waals surface area contributed by atoms with Gasteiger partial charge in [-0.3, -0.25) is 4.79 Å². The number of hydrogen-bond acceptors (Lipinski definition) is 6. The molecule has 7 nitrogen and oxygen atoms in total. The topological polar surface area (TPSA) is 103 Å². The summed E-state index contributed by atoms with van der Waals surface area (Å²) < 4.78 is 10.5. The number of rotatable bonds is 5. The molecule has 0 bridgehead atoms. The standard InChI is InChI=1S/C10H16N4O3/c11-9(15)10-13-8(17-14-10)3-6-16-7-1-4-12-5-2-7/h7,12H,1-6H2,(H2,11,15). The number of aromatic nitrogens is 2. The molecule has 1 aliphatic rings. The van der Waals surface area contributed by atoms with Crippen LogP contribution in [0.3, 0.4) is 0 Å². The average Bonchev–Trinajstić information content (AvgIpc) is 2.79. The molecule has 0 radical (unpaired) electrons. The smallest absolute Gasteiger partial charge is 0.290 e. The third-order valence-electron chi connectivity index (χ3n) is 2.64. The second kappa shape index (κ2) is 5.74. The highest BCUT2D eigenvalue weighted by Crippen LogP contribution is 2.08. The third kappa shape index (κ3) is 3.50. The van der Waals surface area contributed by atoms with Gasteiger partial charge in [0.05, 0.1) is 19.1 Å². The van der Waals surface area contributed by atoms with E-state index in [1.807, 2.05) is 0 Å². The van der Waals surface area contributed by atoms with E-state index < -0.39 is 5.91 Å². The summed E-state index contributed by atoms with van der Waals surface area (Å²) in [6, 6.07) is 0. The molecule has 0 unspecified atom stereocenters. The van der Waals surface area contributed by atoms with Crippen molar-refractivity contribution < 1.29 is 14.1 Å². The van der Waals surface area contributed by atoms with Gasteiger partial charge >= 0.3 is 0 Å². The Bertz CT molecular complexity index is 373. The van der Waals surface area contributed by atoms with Gasteiger partial charge in [-0.15, -0.1) is 0 Å². The highest BCUT2D eigenvalue weighted by atomic mass is 16.5. The van der Waals surface area contributed by atoms with Crippen molar-refractivity contribution >= 4 is 5.91 Å². The SMILES string of the molecule is NC(=O)c1noc(CCOC2CCNCC2)n1. The van der Waals surface area contributed by atoms with Crippen LogP contribution in [-0.4, -0.2) is 41.8 Å². The normalized spacial score (nSPS) is 17.2.